The summed E-state index contributed by atoms with van der Waals surface area (Å²) in [6.07, 6.45) is 0.959. The molecule has 1 unspecified atom stereocenters. The molecule has 0 bridgehead atoms. The molecule has 7 heteroatoms. The van der Waals surface area contributed by atoms with Gasteiger partial charge in [0.2, 0.25) is 9.05 Å². The number of rotatable bonds is 8. The zero-order chi connectivity index (χ0) is 12.8. The second-order valence-corrected chi connectivity index (χ2v) is 6.94. The third-order valence-electron chi connectivity index (χ3n) is 1.96. The van der Waals surface area contributed by atoms with Crippen LogP contribution in [-0.2, 0) is 13.8 Å². The largest absolute Gasteiger partial charge is 0.375 e. The van der Waals surface area contributed by atoms with Gasteiger partial charge in [-0.1, -0.05) is 6.92 Å². The summed E-state index contributed by atoms with van der Waals surface area (Å²) in [6.45, 7) is 2.21. The van der Waals surface area contributed by atoms with Gasteiger partial charge in [0.25, 0.3) is 5.92 Å². The lowest BCUT2D eigenvalue weighted by atomic mass is 10.1. The Kier molecular flexibility index (Phi) is 6.74. The molecular formula is C9H17ClF2O3S. The normalized spacial score (nSPS) is 15.1. The number of hydrogen-bond acceptors (Lipinski definition) is 3. The monoisotopic (exact) mass is 278 g/mol. The van der Waals surface area contributed by atoms with Crippen molar-refractivity contribution in [3.63, 3.8) is 0 Å². The molecule has 1 atom stereocenters. The Labute approximate surface area is 99.5 Å². The van der Waals surface area contributed by atoms with Gasteiger partial charge < -0.3 is 4.74 Å². The first kappa shape index (κ1) is 16.1. The van der Waals surface area contributed by atoms with E-state index in [9.17, 15) is 17.2 Å². The van der Waals surface area contributed by atoms with E-state index in [0.29, 0.717) is 12.8 Å². The van der Waals surface area contributed by atoms with Crippen molar-refractivity contribution in [3.8, 4) is 0 Å². The maximum atomic E-state index is 12.3. The highest BCUT2D eigenvalue weighted by Crippen LogP contribution is 2.14. The maximum absolute atomic E-state index is 12.3. The molecule has 0 saturated carbocycles. The van der Waals surface area contributed by atoms with E-state index in [2.05, 4.69) is 0 Å². The number of halogens is 3. The van der Waals surface area contributed by atoms with E-state index >= 15 is 0 Å². The van der Waals surface area contributed by atoms with Gasteiger partial charge in [-0.15, -0.1) is 0 Å². The van der Waals surface area contributed by atoms with E-state index in [1.165, 1.54) is 0 Å². The van der Waals surface area contributed by atoms with Crippen molar-refractivity contribution in [1.29, 1.82) is 0 Å². The predicted octanol–water partition coefficient (Wildman–Crippen LogP) is 2.64. The average Bonchev–Trinajstić information content (AvgIpc) is 2.06. The zero-order valence-corrected chi connectivity index (χ0v) is 11.0. The highest BCUT2D eigenvalue weighted by molar-refractivity contribution is 8.13. The van der Waals surface area contributed by atoms with Crippen molar-refractivity contribution in [2.45, 2.75) is 32.6 Å². The van der Waals surface area contributed by atoms with Gasteiger partial charge in [-0.3, -0.25) is 0 Å². The molecule has 0 aromatic carbocycles. The van der Waals surface area contributed by atoms with Gasteiger partial charge >= 0.3 is 0 Å². The quantitative estimate of drug-likeness (QED) is 0.506. The van der Waals surface area contributed by atoms with Crippen molar-refractivity contribution >= 4 is 19.7 Å². The Morgan fingerprint density at radius 3 is 2.38 bits per heavy atom. The second-order valence-electron chi connectivity index (χ2n) is 4.05. The Bertz CT molecular complexity index is 288. The molecule has 0 rings (SSSR count). The van der Waals surface area contributed by atoms with Crippen LogP contribution in [0.2, 0.25) is 0 Å². The second kappa shape index (κ2) is 6.71. The molecule has 0 aliphatic heterocycles. The molecule has 0 N–H and O–H groups in total. The lowest BCUT2D eigenvalue weighted by molar-refractivity contribution is -0.0641. The summed E-state index contributed by atoms with van der Waals surface area (Å²) in [5.74, 6) is -2.83. The highest BCUT2D eigenvalue weighted by atomic mass is 35.7. The smallest absolute Gasteiger partial charge is 0.268 e. The Hall–Kier alpha value is 0.0600. The molecule has 0 aromatic heterocycles. The topological polar surface area (TPSA) is 43.4 Å². The third-order valence-corrected chi connectivity index (χ3v) is 3.15. The minimum atomic E-state index is -3.46. The highest BCUT2D eigenvalue weighted by Gasteiger charge is 2.21. The SMILES string of the molecule is CC(CCOCC(C)(F)F)CCS(=O)(=O)Cl. The van der Waals surface area contributed by atoms with Crippen LogP contribution < -0.4 is 0 Å². The summed E-state index contributed by atoms with van der Waals surface area (Å²) in [7, 11) is 1.58. The maximum Gasteiger partial charge on any atom is 0.268 e. The first-order valence-electron chi connectivity index (χ1n) is 4.98. The number of ether oxygens (including phenoxy) is 1. The van der Waals surface area contributed by atoms with Gasteiger partial charge in [-0.05, 0) is 18.8 Å². The number of hydrogen-bond donors (Lipinski definition) is 0. The van der Waals surface area contributed by atoms with Gasteiger partial charge in [-0.25, -0.2) is 17.2 Å². The van der Waals surface area contributed by atoms with Gasteiger partial charge in [-0.2, -0.15) is 0 Å². The Morgan fingerprint density at radius 1 is 1.38 bits per heavy atom. The van der Waals surface area contributed by atoms with Crippen LogP contribution in [-0.4, -0.2) is 33.3 Å². The van der Waals surface area contributed by atoms with Gasteiger partial charge in [0.15, 0.2) is 0 Å². The molecule has 0 fully saturated rings. The van der Waals surface area contributed by atoms with Crippen LogP contribution in [0, 0.1) is 5.92 Å². The van der Waals surface area contributed by atoms with Crippen LogP contribution in [0.3, 0.4) is 0 Å². The van der Waals surface area contributed by atoms with E-state index in [0.717, 1.165) is 6.92 Å². The fraction of sp³-hybridized carbons (Fsp3) is 1.00. The molecular weight excluding hydrogens is 262 g/mol. The minimum Gasteiger partial charge on any atom is -0.375 e. The van der Waals surface area contributed by atoms with Crippen LogP contribution >= 0.6 is 10.7 Å². The molecule has 0 aromatic rings. The van der Waals surface area contributed by atoms with E-state index in [4.69, 9.17) is 15.4 Å². The summed E-state index contributed by atoms with van der Waals surface area (Å²) < 4.78 is 50.7. The van der Waals surface area contributed by atoms with Crippen molar-refractivity contribution in [1.82, 2.24) is 0 Å². The van der Waals surface area contributed by atoms with Crippen molar-refractivity contribution in [2.75, 3.05) is 19.0 Å². The number of alkyl halides is 2. The fourth-order valence-electron chi connectivity index (χ4n) is 1.02. The molecule has 0 radical (unpaired) electrons. The van der Waals surface area contributed by atoms with Crippen LogP contribution in [0.15, 0.2) is 0 Å². The first-order chi connectivity index (χ1) is 7.10. The summed E-state index contributed by atoms with van der Waals surface area (Å²) in [4.78, 5) is 0. The summed E-state index contributed by atoms with van der Waals surface area (Å²) in [5.41, 5.74) is 0. The molecule has 16 heavy (non-hydrogen) atoms. The van der Waals surface area contributed by atoms with Crippen LogP contribution in [0.25, 0.3) is 0 Å². The zero-order valence-electron chi connectivity index (χ0n) is 9.38. The van der Waals surface area contributed by atoms with E-state index in [1.807, 2.05) is 6.92 Å². The Balaban J connectivity index is 3.56. The minimum absolute atomic E-state index is 0.0824. The van der Waals surface area contributed by atoms with E-state index in [1.54, 1.807) is 0 Å². The van der Waals surface area contributed by atoms with Gasteiger partial charge in [0.05, 0.1) is 5.75 Å². The van der Waals surface area contributed by atoms with Crippen molar-refractivity contribution < 1.29 is 21.9 Å². The Morgan fingerprint density at radius 2 is 1.94 bits per heavy atom. The molecule has 0 spiro atoms. The first-order valence-corrected chi connectivity index (χ1v) is 7.46. The molecule has 0 amide bonds. The molecule has 0 saturated heterocycles. The molecule has 0 aliphatic carbocycles. The third kappa shape index (κ3) is 12.1. The van der Waals surface area contributed by atoms with Crippen LogP contribution in [0.4, 0.5) is 8.78 Å². The van der Waals surface area contributed by atoms with Gasteiger partial charge in [0.1, 0.15) is 6.61 Å². The summed E-state index contributed by atoms with van der Waals surface area (Å²) >= 11 is 0. The van der Waals surface area contributed by atoms with Crippen molar-refractivity contribution in [3.05, 3.63) is 0 Å². The van der Waals surface area contributed by atoms with Gasteiger partial charge in [0, 0.05) is 24.2 Å². The standard InChI is InChI=1S/C9H17ClF2O3S/c1-8(4-6-16(10,13)14)3-5-15-7-9(2,11)12/h8H,3-7H2,1-2H3. The lowest BCUT2D eigenvalue weighted by Gasteiger charge is -2.13. The summed E-state index contributed by atoms with van der Waals surface area (Å²) in [6, 6.07) is 0. The van der Waals surface area contributed by atoms with E-state index in [-0.39, 0.29) is 18.3 Å². The molecule has 98 valence electrons. The average molecular weight is 279 g/mol. The lowest BCUT2D eigenvalue weighted by Crippen LogP contribution is -2.19. The molecule has 0 aliphatic rings. The fourth-order valence-corrected chi connectivity index (χ4v) is 1.97. The van der Waals surface area contributed by atoms with Crippen LogP contribution in [0.5, 0.6) is 0 Å². The summed E-state index contributed by atoms with van der Waals surface area (Å²) in [5, 5.41) is 0. The van der Waals surface area contributed by atoms with E-state index < -0.39 is 21.6 Å². The predicted molar refractivity (Wildman–Crippen MR) is 59.5 cm³/mol. The van der Waals surface area contributed by atoms with Crippen LogP contribution in [0.1, 0.15) is 26.7 Å². The molecule has 3 nitrogen and oxygen atoms in total. The molecule has 0 heterocycles. The van der Waals surface area contributed by atoms with Crippen molar-refractivity contribution in [2.24, 2.45) is 5.92 Å².